The fourth-order valence-corrected chi connectivity index (χ4v) is 5.80. The quantitative estimate of drug-likeness (QED) is 0.223. The Morgan fingerprint density at radius 2 is 1.50 bits per heavy atom. The van der Waals surface area contributed by atoms with Crippen LogP contribution in [0.15, 0.2) is 60.7 Å². The first-order valence-corrected chi connectivity index (χ1v) is 14.4. The van der Waals surface area contributed by atoms with Gasteiger partial charge in [-0.25, -0.2) is 4.79 Å². The Balaban J connectivity index is 1.65. The van der Waals surface area contributed by atoms with Crippen molar-refractivity contribution in [3.8, 4) is 0 Å². The summed E-state index contributed by atoms with van der Waals surface area (Å²) < 4.78 is 79.9. The SMILES string of the molecule is Cc1ccc(N2CC(CC(=O)O)(CC(=O)NCc3cc(C(F)(F)F)cc(C(F)(F)F)c3)CN(Cc3ccc(Cl)cc3Cl)C2=O)cc1. The van der Waals surface area contributed by atoms with Gasteiger partial charge >= 0.3 is 24.4 Å². The van der Waals surface area contributed by atoms with Crippen LogP contribution in [0, 0.1) is 12.3 Å². The van der Waals surface area contributed by atoms with E-state index in [9.17, 15) is 45.8 Å². The molecule has 3 aromatic carbocycles. The molecule has 1 aliphatic heterocycles. The number of halogens is 8. The van der Waals surface area contributed by atoms with Gasteiger partial charge in [0, 0.05) is 53.7 Å². The summed E-state index contributed by atoms with van der Waals surface area (Å²) in [5.74, 6) is -2.13. The molecule has 0 saturated carbocycles. The molecule has 4 rings (SSSR count). The number of carbonyl (C=O) groups is 3. The average Bonchev–Trinajstić information content (AvgIpc) is 2.94. The molecule has 3 amide bonds. The number of hydrogen-bond donors (Lipinski definition) is 2. The maximum atomic E-state index is 13.7. The normalized spacial score (nSPS) is 17.3. The third-order valence-electron chi connectivity index (χ3n) is 7.44. The number of alkyl halides is 6. The van der Waals surface area contributed by atoms with E-state index in [0.29, 0.717) is 28.4 Å². The van der Waals surface area contributed by atoms with Crippen LogP contribution in [0.3, 0.4) is 0 Å². The van der Waals surface area contributed by atoms with Crippen LogP contribution in [0.4, 0.5) is 36.8 Å². The highest BCUT2D eigenvalue weighted by Crippen LogP contribution is 2.39. The fourth-order valence-electron chi connectivity index (χ4n) is 5.33. The number of rotatable bonds is 9. The Labute approximate surface area is 269 Å². The van der Waals surface area contributed by atoms with Gasteiger partial charge in [0.25, 0.3) is 0 Å². The number of carboxylic acids is 1. The standard InChI is InChI=1S/C31H27Cl2F6N3O4/c1-18-2-6-24(7-3-18)42-17-29(13-27(44)45,16-41(28(42)46)15-20-4-5-23(32)11-25(20)33)12-26(43)40-14-19-8-21(30(34,35)36)10-22(9-19)31(37,38)39/h2-11H,12-17H2,1H3,(H,40,43)(H,44,45). The van der Waals surface area contributed by atoms with Crippen molar-refractivity contribution in [1.82, 2.24) is 10.2 Å². The molecule has 1 atom stereocenters. The number of anilines is 1. The molecule has 0 aromatic heterocycles. The Morgan fingerprint density at radius 1 is 0.891 bits per heavy atom. The first-order valence-electron chi connectivity index (χ1n) is 13.7. The summed E-state index contributed by atoms with van der Waals surface area (Å²) in [6.45, 7) is 0.609. The topological polar surface area (TPSA) is 89.9 Å². The van der Waals surface area contributed by atoms with Gasteiger partial charge in [0.05, 0.1) is 17.5 Å². The lowest BCUT2D eigenvalue weighted by molar-refractivity contribution is -0.143. The first kappa shape index (κ1) is 34.9. The Morgan fingerprint density at radius 3 is 2.04 bits per heavy atom. The largest absolute Gasteiger partial charge is 0.481 e. The zero-order valence-electron chi connectivity index (χ0n) is 24.1. The molecule has 1 saturated heterocycles. The molecule has 2 N–H and O–H groups in total. The molecule has 0 aliphatic carbocycles. The summed E-state index contributed by atoms with van der Waals surface area (Å²) in [4.78, 5) is 41.8. The van der Waals surface area contributed by atoms with Crippen LogP contribution >= 0.6 is 23.2 Å². The molecular weight excluding hydrogens is 663 g/mol. The maximum Gasteiger partial charge on any atom is 0.416 e. The molecule has 0 spiro atoms. The zero-order valence-corrected chi connectivity index (χ0v) is 25.6. The van der Waals surface area contributed by atoms with Crippen LogP contribution in [0.5, 0.6) is 0 Å². The molecule has 1 heterocycles. The van der Waals surface area contributed by atoms with Crippen molar-refractivity contribution in [2.45, 2.75) is 45.2 Å². The van der Waals surface area contributed by atoms with Gasteiger partial charge < -0.3 is 15.3 Å². The van der Waals surface area contributed by atoms with Gasteiger partial charge in [-0.15, -0.1) is 0 Å². The molecule has 1 unspecified atom stereocenters. The number of urea groups is 1. The number of aryl methyl sites for hydroxylation is 1. The predicted octanol–water partition coefficient (Wildman–Crippen LogP) is 7.95. The van der Waals surface area contributed by atoms with Gasteiger partial charge in [0.2, 0.25) is 5.91 Å². The number of aliphatic carboxylic acids is 1. The van der Waals surface area contributed by atoms with E-state index in [-0.39, 0.29) is 30.7 Å². The molecule has 0 bridgehead atoms. The Hall–Kier alpha value is -3.97. The number of carboxylic acid groups (broad SMARTS) is 1. The number of nitrogens with one attached hydrogen (secondary N) is 1. The van der Waals surface area contributed by atoms with Gasteiger partial charge in [-0.05, 0) is 60.5 Å². The summed E-state index contributed by atoms with van der Waals surface area (Å²) in [6.07, 6.45) is -11.3. The van der Waals surface area contributed by atoms with Crippen LogP contribution in [0.2, 0.25) is 10.0 Å². The van der Waals surface area contributed by atoms with E-state index in [1.807, 2.05) is 6.92 Å². The summed E-state index contributed by atoms with van der Waals surface area (Å²) in [7, 11) is 0. The fraction of sp³-hybridized carbons (Fsp3) is 0.323. The van der Waals surface area contributed by atoms with Crippen LogP contribution in [0.1, 0.15) is 40.7 Å². The Kier molecular flexibility index (Phi) is 10.2. The lowest BCUT2D eigenvalue weighted by Gasteiger charge is -2.47. The van der Waals surface area contributed by atoms with E-state index >= 15 is 0 Å². The van der Waals surface area contributed by atoms with Crippen molar-refractivity contribution in [2.24, 2.45) is 5.41 Å². The summed E-state index contributed by atoms with van der Waals surface area (Å²) in [6, 6.07) is 11.9. The highest BCUT2D eigenvalue weighted by Gasteiger charge is 2.46. The Bertz CT molecular complexity index is 1600. The van der Waals surface area contributed by atoms with Crippen molar-refractivity contribution in [3.05, 3.63) is 98.5 Å². The van der Waals surface area contributed by atoms with Gasteiger partial charge in [-0.2, -0.15) is 26.3 Å². The van der Waals surface area contributed by atoms with Crippen LogP contribution < -0.4 is 10.2 Å². The van der Waals surface area contributed by atoms with Crippen molar-refractivity contribution in [1.29, 1.82) is 0 Å². The van der Waals surface area contributed by atoms with E-state index in [2.05, 4.69) is 5.32 Å². The van der Waals surface area contributed by atoms with Crippen molar-refractivity contribution < 1.29 is 45.8 Å². The second kappa shape index (κ2) is 13.4. The maximum absolute atomic E-state index is 13.7. The highest BCUT2D eigenvalue weighted by molar-refractivity contribution is 6.35. The lowest BCUT2D eigenvalue weighted by atomic mass is 9.78. The number of benzene rings is 3. The van der Waals surface area contributed by atoms with E-state index in [1.165, 1.54) is 15.9 Å². The summed E-state index contributed by atoms with van der Waals surface area (Å²) in [5, 5.41) is 12.8. The smallest absolute Gasteiger partial charge is 0.416 e. The van der Waals surface area contributed by atoms with Crippen LogP contribution in [-0.4, -0.2) is 41.0 Å². The first-order chi connectivity index (χ1) is 21.3. The second-order valence-corrected chi connectivity index (χ2v) is 12.1. The monoisotopic (exact) mass is 689 g/mol. The van der Waals surface area contributed by atoms with E-state index in [0.717, 1.165) is 5.56 Å². The lowest BCUT2D eigenvalue weighted by Crippen LogP contribution is -2.60. The molecule has 3 aromatic rings. The van der Waals surface area contributed by atoms with Crippen molar-refractivity contribution >= 4 is 46.8 Å². The van der Waals surface area contributed by atoms with Gasteiger partial charge in [-0.3, -0.25) is 14.5 Å². The van der Waals surface area contributed by atoms with Gasteiger partial charge in [0.15, 0.2) is 0 Å². The number of nitrogens with zero attached hydrogens (tertiary/aromatic N) is 2. The molecule has 46 heavy (non-hydrogen) atoms. The zero-order chi connectivity index (χ0) is 34.0. The number of amides is 3. The molecule has 246 valence electrons. The van der Waals surface area contributed by atoms with Crippen LogP contribution in [0.25, 0.3) is 0 Å². The third kappa shape index (κ3) is 8.64. The number of hydrogen-bond acceptors (Lipinski definition) is 3. The average molecular weight is 690 g/mol. The number of carbonyl (C=O) groups excluding carboxylic acids is 2. The molecule has 0 radical (unpaired) electrons. The van der Waals surface area contributed by atoms with Crippen LogP contribution in [-0.2, 0) is 35.0 Å². The molecule has 7 nitrogen and oxygen atoms in total. The van der Waals surface area contributed by atoms with E-state index < -0.39 is 71.8 Å². The predicted molar refractivity (Wildman–Crippen MR) is 158 cm³/mol. The van der Waals surface area contributed by atoms with E-state index in [4.69, 9.17) is 23.2 Å². The third-order valence-corrected chi connectivity index (χ3v) is 8.03. The minimum atomic E-state index is -5.07. The molecule has 15 heteroatoms. The van der Waals surface area contributed by atoms with Crippen molar-refractivity contribution in [2.75, 3.05) is 18.0 Å². The van der Waals surface area contributed by atoms with Crippen molar-refractivity contribution in [3.63, 3.8) is 0 Å². The summed E-state index contributed by atoms with van der Waals surface area (Å²) in [5.41, 5.74) is -3.17. The summed E-state index contributed by atoms with van der Waals surface area (Å²) >= 11 is 12.4. The second-order valence-electron chi connectivity index (χ2n) is 11.2. The molecule has 1 fully saturated rings. The highest BCUT2D eigenvalue weighted by atomic mass is 35.5. The van der Waals surface area contributed by atoms with Gasteiger partial charge in [0.1, 0.15) is 0 Å². The van der Waals surface area contributed by atoms with Gasteiger partial charge in [-0.1, -0.05) is 47.0 Å². The minimum absolute atomic E-state index is 0.0204. The van der Waals surface area contributed by atoms with E-state index in [1.54, 1.807) is 36.4 Å². The minimum Gasteiger partial charge on any atom is -0.481 e. The molecule has 1 aliphatic rings. The molecular formula is C31H27Cl2F6N3O4.